The van der Waals surface area contributed by atoms with E-state index < -0.39 is 0 Å². The van der Waals surface area contributed by atoms with Crippen LogP contribution in [0.15, 0.2) is 24.3 Å². The first-order chi connectivity index (χ1) is 9.00. The molecule has 1 fully saturated rings. The van der Waals surface area contributed by atoms with Gasteiger partial charge in [0, 0.05) is 30.1 Å². The Morgan fingerprint density at radius 1 is 1.26 bits per heavy atom. The largest absolute Gasteiger partial charge is 0.358 e. The summed E-state index contributed by atoms with van der Waals surface area (Å²) >= 11 is 0. The number of quaternary nitrogens is 1. The maximum Gasteiger partial charge on any atom is 0.0742 e. The Bertz CT molecular complexity index is 621. The summed E-state index contributed by atoms with van der Waals surface area (Å²) in [6.45, 7) is 8.15. The van der Waals surface area contributed by atoms with Gasteiger partial charge in [0.15, 0.2) is 0 Å². The second kappa shape index (κ2) is 4.11. The average molecular weight is 257 g/mol. The first-order valence-corrected chi connectivity index (χ1v) is 7.33. The highest BCUT2D eigenvalue weighted by molar-refractivity contribution is 5.86. The summed E-state index contributed by atoms with van der Waals surface area (Å²) in [5, 5.41) is 1.45. The quantitative estimate of drug-likeness (QED) is 0.877. The van der Waals surface area contributed by atoms with Crippen molar-refractivity contribution in [2.75, 3.05) is 6.54 Å². The van der Waals surface area contributed by atoms with Crippen molar-refractivity contribution in [2.45, 2.75) is 33.1 Å². The maximum absolute atomic E-state index is 4.04. The maximum atomic E-state index is 4.04. The van der Waals surface area contributed by atoms with Crippen LogP contribution in [0, 0.1) is 18.3 Å². The first kappa shape index (κ1) is 12.7. The molecular formula is C17H25N2+. The topological polar surface area (TPSA) is 32.6 Å². The Hall–Kier alpha value is -1.28. The van der Waals surface area contributed by atoms with Gasteiger partial charge in [0.25, 0.3) is 0 Å². The van der Waals surface area contributed by atoms with Crippen LogP contribution < -0.4 is 5.73 Å². The van der Waals surface area contributed by atoms with E-state index in [1.165, 1.54) is 23.0 Å². The number of hydrogen-bond acceptors (Lipinski definition) is 0. The summed E-state index contributed by atoms with van der Waals surface area (Å²) in [6, 6.07) is 8.82. The smallest absolute Gasteiger partial charge is 0.0742 e. The Balaban J connectivity index is 2.14. The third-order valence-electron chi connectivity index (χ3n) is 5.33. The van der Waals surface area contributed by atoms with Gasteiger partial charge in [-0.15, -0.1) is 0 Å². The molecule has 0 amide bonds. The van der Waals surface area contributed by atoms with Crippen molar-refractivity contribution in [1.29, 1.82) is 0 Å². The number of benzene rings is 1. The van der Waals surface area contributed by atoms with E-state index in [2.05, 4.69) is 62.4 Å². The van der Waals surface area contributed by atoms with Crippen molar-refractivity contribution in [1.82, 2.24) is 4.57 Å². The van der Waals surface area contributed by atoms with Gasteiger partial charge in [-0.3, -0.25) is 0 Å². The van der Waals surface area contributed by atoms with Crippen LogP contribution in [0.4, 0.5) is 0 Å². The van der Waals surface area contributed by atoms with E-state index in [-0.39, 0.29) is 0 Å². The molecule has 1 aliphatic carbocycles. The molecule has 2 aromatic rings. The summed E-state index contributed by atoms with van der Waals surface area (Å²) in [6.07, 6.45) is 1.25. The number of hydrogen-bond donors (Lipinski definition) is 1. The lowest BCUT2D eigenvalue weighted by Gasteiger charge is -2.04. The summed E-state index contributed by atoms with van der Waals surface area (Å²) in [5.41, 5.74) is 8.87. The molecule has 2 atom stereocenters. The summed E-state index contributed by atoms with van der Waals surface area (Å²) in [7, 11) is 2.19. The Morgan fingerprint density at radius 2 is 1.95 bits per heavy atom. The summed E-state index contributed by atoms with van der Waals surface area (Å²) in [5.74, 6) is 1.51. The van der Waals surface area contributed by atoms with Gasteiger partial charge in [0.2, 0.25) is 0 Å². The second-order valence-electron chi connectivity index (χ2n) is 6.62. The molecule has 3 N–H and O–H groups in total. The van der Waals surface area contributed by atoms with Crippen molar-refractivity contribution in [3.05, 3.63) is 35.5 Å². The summed E-state index contributed by atoms with van der Waals surface area (Å²) < 4.78 is 2.35. The van der Waals surface area contributed by atoms with Gasteiger partial charge in [-0.25, -0.2) is 0 Å². The Morgan fingerprint density at radius 3 is 2.63 bits per heavy atom. The Kier molecular flexibility index (Phi) is 2.75. The second-order valence-corrected chi connectivity index (χ2v) is 6.62. The van der Waals surface area contributed by atoms with Crippen LogP contribution in [0.3, 0.4) is 0 Å². The SMILES string of the molecule is Cc1c([C@H]2[C@H](CC[NH3+])C2(C)C)c2ccccc2n1C. The van der Waals surface area contributed by atoms with Crippen molar-refractivity contribution < 1.29 is 5.73 Å². The van der Waals surface area contributed by atoms with Crippen molar-refractivity contribution in [2.24, 2.45) is 18.4 Å². The van der Waals surface area contributed by atoms with E-state index in [9.17, 15) is 0 Å². The monoisotopic (exact) mass is 257 g/mol. The van der Waals surface area contributed by atoms with Gasteiger partial charge in [0.05, 0.1) is 6.54 Å². The van der Waals surface area contributed by atoms with Crippen molar-refractivity contribution >= 4 is 10.9 Å². The molecule has 1 heterocycles. The van der Waals surface area contributed by atoms with Crippen molar-refractivity contribution in [3.63, 3.8) is 0 Å². The standard InChI is InChI=1S/C17H24N2/c1-11-15(16-13(9-10-18)17(16,2)3)12-7-5-6-8-14(12)19(11)4/h5-8,13,16H,9-10,18H2,1-4H3/p+1/t13-,16+/m0/s1. The molecule has 0 radical (unpaired) electrons. The molecule has 2 nitrogen and oxygen atoms in total. The van der Waals surface area contributed by atoms with Crippen LogP contribution in [-0.2, 0) is 7.05 Å². The van der Waals surface area contributed by atoms with E-state index in [1.807, 2.05) is 0 Å². The van der Waals surface area contributed by atoms with Crippen LogP contribution in [0.2, 0.25) is 0 Å². The lowest BCUT2D eigenvalue weighted by atomic mass is 10.0. The van der Waals surface area contributed by atoms with Gasteiger partial charge in [-0.1, -0.05) is 32.0 Å². The molecule has 0 aliphatic heterocycles. The van der Waals surface area contributed by atoms with Crippen LogP contribution in [0.25, 0.3) is 10.9 Å². The van der Waals surface area contributed by atoms with E-state index in [1.54, 1.807) is 5.56 Å². The van der Waals surface area contributed by atoms with Crippen LogP contribution >= 0.6 is 0 Å². The fraction of sp³-hybridized carbons (Fsp3) is 0.529. The molecule has 0 unspecified atom stereocenters. The molecule has 3 rings (SSSR count). The highest BCUT2D eigenvalue weighted by Gasteiger charge is 2.58. The number of fused-ring (bicyclic) bond motifs is 1. The normalized spacial score (nSPS) is 24.9. The van der Waals surface area contributed by atoms with Gasteiger partial charge in [-0.05, 0) is 35.8 Å². The molecule has 1 saturated carbocycles. The van der Waals surface area contributed by atoms with E-state index in [0.717, 1.165) is 12.5 Å². The lowest BCUT2D eigenvalue weighted by molar-refractivity contribution is -0.369. The highest BCUT2D eigenvalue weighted by atomic mass is 15.0. The predicted molar refractivity (Wildman–Crippen MR) is 80.0 cm³/mol. The van der Waals surface area contributed by atoms with E-state index in [4.69, 9.17) is 0 Å². The van der Waals surface area contributed by atoms with Gasteiger partial charge < -0.3 is 10.3 Å². The molecule has 1 aromatic carbocycles. The van der Waals surface area contributed by atoms with Crippen LogP contribution in [0.1, 0.15) is 37.4 Å². The van der Waals surface area contributed by atoms with Gasteiger partial charge in [-0.2, -0.15) is 0 Å². The minimum atomic E-state index is 0.437. The fourth-order valence-corrected chi connectivity index (χ4v) is 4.02. The van der Waals surface area contributed by atoms with Crippen LogP contribution in [-0.4, -0.2) is 11.1 Å². The van der Waals surface area contributed by atoms with Gasteiger partial charge >= 0.3 is 0 Å². The van der Waals surface area contributed by atoms with Gasteiger partial charge in [0.1, 0.15) is 0 Å². The third kappa shape index (κ3) is 1.66. The minimum Gasteiger partial charge on any atom is -0.358 e. The molecule has 1 aromatic heterocycles. The lowest BCUT2D eigenvalue weighted by Crippen LogP contribution is -2.50. The molecular weight excluding hydrogens is 232 g/mol. The molecule has 0 saturated heterocycles. The number of aryl methyl sites for hydroxylation is 1. The summed E-state index contributed by atoms with van der Waals surface area (Å²) in [4.78, 5) is 0. The van der Waals surface area contributed by atoms with Crippen LogP contribution in [0.5, 0.6) is 0 Å². The molecule has 102 valence electrons. The molecule has 0 bridgehead atoms. The fourth-order valence-electron chi connectivity index (χ4n) is 4.02. The molecule has 0 spiro atoms. The number of para-hydroxylation sites is 1. The highest BCUT2D eigenvalue weighted by Crippen LogP contribution is 2.67. The third-order valence-corrected chi connectivity index (χ3v) is 5.33. The zero-order chi connectivity index (χ0) is 13.8. The zero-order valence-electron chi connectivity index (χ0n) is 12.5. The Labute approximate surface area is 115 Å². The minimum absolute atomic E-state index is 0.437. The molecule has 1 aliphatic rings. The number of nitrogens with zero attached hydrogens (tertiary/aromatic N) is 1. The molecule has 2 heteroatoms. The zero-order valence-corrected chi connectivity index (χ0v) is 12.5. The predicted octanol–water partition coefficient (Wildman–Crippen LogP) is 2.86. The number of rotatable bonds is 3. The number of aromatic nitrogens is 1. The average Bonchev–Trinajstić information content (AvgIpc) is 2.81. The van der Waals surface area contributed by atoms with E-state index in [0.29, 0.717) is 11.3 Å². The van der Waals surface area contributed by atoms with Crippen molar-refractivity contribution in [3.8, 4) is 0 Å². The van der Waals surface area contributed by atoms with E-state index >= 15 is 0 Å². The molecule has 19 heavy (non-hydrogen) atoms. The first-order valence-electron chi connectivity index (χ1n) is 7.33.